The summed E-state index contributed by atoms with van der Waals surface area (Å²) in [6.07, 6.45) is 5.85. The molecule has 8 heteroatoms. The molecule has 1 N–H and O–H groups in total. The van der Waals surface area contributed by atoms with Gasteiger partial charge in [0, 0.05) is 29.9 Å². The van der Waals surface area contributed by atoms with Gasteiger partial charge < -0.3 is 4.90 Å². The fourth-order valence-electron chi connectivity index (χ4n) is 4.01. The third kappa shape index (κ3) is 3.55. The summed E-state index contributed by atoms with van der Waals surface area (Å²) in [4.78, 5) is 19.7. The van der Waals surface area contributed by atoms with Gasteiger partial charge in [-0.05, 0) is 50.8 Å². The predicted octanol–water partition coefficient (Wildman–Crippen LogP) is 3.85. The van der Waals surface area contributed by atoms with Gasteiger partial charge in [-0.15, -0.1) is 0 Å². The van der Waals surface area contributed by atoms with Crippen molar-refractivity contribution >= 4 is 17.5 Å². The maximum absolute atomic E-state index is 13.1. The third-order valence-corrected chi connectivity index (χ3v) is 6.16. The van der Waals surface area contributed by atoms with E-state index in [0.717, 1.165) is 35.9 Å². The predicted molar refractivity (Wildman–Crippen MR) is 110 cm³/mol. The van der Waals surface area contributed by atoms with Crippen molar-refractivity contribution < 1.29 is 4.79 Å². The largest absolute Gasteiger partial charge is 0.338 e. The van der Waals surface area contributed by atoms with Crippen molar-refractivity contribution in [3.63, 3.8) is 0 Å². The number of piperidine rings is 1. The Morgan fingerprint density at radius 1 is 1.17 bits per heavy atom. The molecule has 0 atom stereocenters. The maximum atomic E-state index is 13.1. The monoisotopic (exact) mass is 410 g/mol. The number of amides is 1. The number of hydrogen-bond acceptors (Lipinski definition) is 4. The van der Waals surface area contributed by atoms with E-state index in [1.54, 1.807) is 10.9 Å². The van der Waals surface area contributed by atoms with Crippen molar-refractivity contribution in [2.75, 3.05) is 13.1 Å². The molecule has 2 aliphatic rings. The van der Waals surface area contributed by atoms with Gasteiger partial charge in [-0.2, -0.15) is 10.2 Å². The highest BCUT2D eigenvalue weighted by molar-refractivity contribution is 6.30. The number of carbonyl (C=O) groups is 1. The van der Waals surface area contributed by atoms with Gasteiger partial charge >= 0.3 is 0 Å². The molecule has 0 spiro atoms. The summed E-state index contributed by atoms with van der Waals surface area (Å²) < 4.78 is 1.76. The lowest BCUT2D eigenvalue weighted by Crippen LogP contribution is -2.38. The van der Waals surface area contributed by atoms with Gasteiger partial charge in [-0.3, -0.25) is 9.89 Å². The Labute approximate surface area is 174 Å². The van der Waals surface area contributed by atoms with Crippen molar-refractivity contribution in [1.29, 1.82) is 0 Å². The minimum absolute atomic E-state index is 0.0328. The lowest BCUT2D eigenvalue weighted by molar-refractivity contribution is 0.0710. The molecule has 1 amide bonds. The van der Waals surface area contributed by atoms with Crippen LogP contribution in [0.1, 0.15) is 65.2 Å². The van der Waals surface area contributed by atoms with Crippen LogP contribution in [0.25, 0.3) is 5.69 Å². The van der Waals surface area contributed by atoms with Crippen LogP contribution in [0.4, 0.5) is 0 Å². The van der Waals surface area contributed by atoms with Crippen LogP contribution < -0.4 is 0 Å². The minimum atomic E-state index is 0.0328. The van der Waals surface area contributed by atoms with Gasteiger partial charge in [0.05, 0.1) is 23.1 Å². The Kier molecular flexibility index (Phi) is 4.62. The normalized spacial score (nSPS) is 17.7. The summed E-state index contributed by atoms with van der Waals surface area (Å²) in [7, 11) is 0. The SMILES string of the molecule is Cc1c(C(=O)N2CCC(c3nc(C4CC4)n[nH]3)CC2)cnn1-c1cccc(Cl)c1. The molecule has 150 valence electrons. The molecular formula is C21H23ClN6O. The van der Waals surface area contributed by atoms with E-state index in [1.165, 1.54) is 12.8 Å². The van der Waals surface area contributed by atoms with Gasteiger partial charge in [0.2, 0.25) is 0 Å². The number of H-pyrrole nitrogens is 1. The fraction of sp³-hybridized carbons (Fsp3) is 0.429. The van der Waals surface area contributed by atoms with Crippen LogP contribution in [0.3, 0.4) is 0 Å². The summed E-state index contributed by atoms with van der Waals surface area (Å²) in [6.45, 7) is 3.34. The number of rotatable bonds is 4. The number of aromatic amines is 1. The topological polar surface area (TPSA) is 79.7 Å². The van der Waals surface area contributed by atoms with Crippen molar-refractivity contribution in [2.24, 2.45) is 0 Å². The molecule has 7 nitrogen and oxygen atoms in total. The number of nitrogens with one attached hydrogen (secondary N) is 1. The third-order valence-electron chi connectivity index (χ3n) is 5.92. The molecule has 5 rings (SSSR count). The van der Waals surface area contributed by atoms with Crippen LogP contribution in [-0.4, -0.2) is 48.9 Å². The number of hydrogen-bond donors (Lipinski definition) is 1. The van der Waals surface area contributed by atoms with Crippen LogP contribution >= 0.6 is 11.6 Å². The molecular weight excluding hydrogens is 388 g/mol. The molecule has 1 saturated carbocycles. The summed E-state index contributed by atoms with van der Waals surface area (Å²) in [5.41, 5.74) is 2.31. The first-order valence-electron chi connectivity index (χ1n) is 10.1. The minimum Gasteiger partial charge on any atom is -0.338 e. The van der Waals surface area contributed by atoms with E-state index in [2.05, 4.69) is 20.3 Å². The number of benzene rings is 1. The van der Waals surface area contributed by atoms with E-state index in [1.807, 2.05) is 36.1 Å². The number of nitrogens with zero attached hydrogens (tertiary/aromatic N) is 5. The second-order valence-electron chi connectivity index (χ2n) is 7.95. The number of halogens is 1. The molecule has 0 radical (unpaired) electrons. The van der Waals surface area contributed by atoms with Crippen LogP contribution in [0.15, 0.2) is 30.5 Å². The average Bonchev–Trinajstić information content (AvgIpc) is 3.34. The smallest absolute Gasteiger partial charge is 0.257 e. The molecule has 1 aromatic carbocycles. The first-order valence-corrected chi connectivity index (χ1v) is 10.5. The van der Waals surface area contributed by atoms with Gasteiger partial charge in [0.15, 0.2) is 5.82 Å². The Bertz CT molecular complexity index is 1050. The van der Waals surface area contributed by atoms with Crippen LogP contribution in [0.5, 0.6) is 0 Å². The lowest BCUT2D eigenvalue weighted by atomic mass is 9.95. The molecule has 1 aliphatic heterocycles. The molecule has 0 bridgehead atoms. The highest BCUT2D eigenvalue weighted by atomic mass is 35.5. The van der Waals surface area contributed by atoms with Crippen molar-refractivity contribution in [2.45, 2.75) is 44.4 Å². The molecule has 2 fully saturated rings. The summed E-state index contributed by atoms with van der Waals surface area (Å²) in [5, 5.41) is 12.5. The molecule has 3 aromatic rings. The standard InChI is InChI=1S/C21H23ClN6O/c1-13-18(12-23-28(13)17-4-2-3-16(22)11-17)21(29)27-9-7-15(8-10-27)20-24-19(25-26-20)14-5-6-14/h2-4,11-12,14-15H,5-10H2,1H3,(H,24,25,26). The summed E-state index contributed by atoms with van der Waals surface area (Å²) in [6, 6.07) is 7.47. The summed E-state index contributed by atoms with van der Waals surface area (Å²) in [5.74, 6) is 2.87. The van der Waals surface area contributed by atoms with Crippen LogP contribution in [0, 0.1) is 6.92 Å². The molecule has 0 unspecified atom stereocenters. The van der Waals surface area contributed by atoms with E-state index in [4.69, 9.17) is 11.6 Å². The highest BCUT2D eigenvalue weighted by Crippen LogP contribution is 2.38. The van der Waals surface area contributed by atoms with Crippen molar-refractivity contribution in [3.05, 3.63) is 58.4 Å². The van der Waals surface area contributed by atoms with Gasteiger partial charge in [-0.25, -0.2) is 9.67 Å². The van der Waals surface area contributed by atoms with Crippen molar-refractivity contribution in [1.82, 2.24) is 29.9 Å². The second-order valence-corrected chi connectivity index (χ2v) is 8.39. The van der Waals surface area contributed by atoms with Gasteiger partial charge in [0.25, 0.3) is 5.91 Å². The zero-order valence-corrected chi connectivity index (χ0v) is 17.1. The Hall–Kier alpha value is -2.67. The molecule has 2 aromatic heterocycles. The lowest BCUT2D eigenvalue weighted by Gasteiger charge is -2.31. The first kappa shape index (κ1) is 18.4. The Morgan fingerprint density at radius 3 is 2.69 bits per heavy atom. The van der Waals surface area contributed by atoms with E-state index in [-0.39, 0.29) is 5.91 Å². The van der Waals surface area contributed by atoms with E-state index >= 15 is 0 Å². The Balaban J connectivity index is 1.27. The van der Waals surface area contributed by atoms with Gasteiger partial charge in [0.1, 0.15) is 5.82 Å². The zero-order chi connectivity index (χ0) is 20.0. The van der Waals surface area contributed by atoms with E-state index in [9.17, 15) is 4.79 Å². The fourth-order valence-corrected chi connectivity index (χ4v) is 4.19. The molecule has 29 heavy (non-hydrogen) atoms. The van der Waals surface area contributed by atoms with E-state index < -0.39 is 0 Å². The number of carbonyl (C=O) groups excluding carboxylic acids is 1. The zero-order valence-electron chi connectivity index (χ0n) is 16.3. The van der Waals surface area contributed by atoms with Gasteiger partial charge in [-0.1, -0.05) is 17.7 Å². The van der Waals surface area contributed by atoms with Crippen LogP contribution in [0.2, 0.25) is 5.02 Å². The van der Waals surface area contributed by atoms with Crippen molar-refractivity contribution in [3.8, 4) is 5.69 Å². The number of likely N-dealkylation sites (tertiary alicyclic amines) is 1. The maximum Gasteiger partial charge on any atom is 0.257 e. The Morgan fingerprint density at radius 2 is 1.97 bits per heavy atom. The quantitative estimate of drug-likeness (QED) is 0.708. The second kappa shape index (κ2) is 7.30. The molecule has 1 saturated heterocycles. The molecule has 1 aliphatic carbocycles. The van der Waals surface area contributed by atoms with Crippen LogP contribution in [-0.2, 0) is 0 Å². The highest BCUT2D eigenvalue weighted by Gasteiger charge is 2.31. The average molecular weight is 411 g/mol. The van der Waals surface area contributed by atoms with E-state index in [0.29, 0.717) is 35.5 Å². The number of aromatic nitrogens is 5. The first-order chi connectivity index (χ1) is 14.1. The molecule has 3 heterocycles. The summed E-state index contributed by atoms with van der Waals surface area (Å²) >= 11 is 6.10.